The van der Waals surface area contributed by atoms with Gasteiger partial charge in [-0.2, -0.15) is 0 Å². The van der Waals surface area contributed by atoms with E-state index in [1.807, 2.05) is 0 Å². The van der Waals surface area contributed by atoms with Crippen molar-refractivity contribution in [1.82, 2.24) is 5.32 Å². The summed E-state index contributed by atoms with van der Waals surface area (Å²) in [5.41, 5.74) is 10.2. The average Bonchev–Trinajstić information content (AvgIpc) is 2.27. The fourth-order valence-electron chi connectivity index (χ4n) is 0.293. The van der Waals surface area contributed by atoms with Gasteiger partial charge in [0.25, 0.3) is 0 Å². The van der Waals surface area contributed by atoms with Gasteiger partial charge >= 0.3 is 5.97 Å². The first-order valence-electron chi connectivity index (χ1n) is 6.70. The minimum Gasteiger partial charge on any atom is -0.480 e. The highest BCUT2D eigenvalue weighted by Crippen LogP contribution is 1.94. The third kappa shape index (κ3) is 5.92. The molecule has 0 aliphatic rings. The number of nitrogens with one attached hydrogen (secondary N) is 1. The molecule has 0 saturated heterocycles. The maximum atomic E-state index is 10.8. The Labute approximate surface area is 86.8 Å². The van der Waals surface area contributed by atoms with E-state index in [0.29, 0.717) is 0 Å². The van der Waals surface area contributed by atoms with Crippen LogP contribution in [0.15, 0.2) is 4.99 Å². The van der Waals surface area contributed by atoms with Crippen LogP contribution in [-0.4, -0.2) is 36.6 Å². The molecule has 0 aliphatic heterocycles. The van der Waals surface area contributed by atoms with Gasteiger partial charge in [-0.3, -0.25) is 9.79 Å². The second-order valence-electron chi connectivity index (χ2n) is 1.83. The first kappa shape index (κ1) is 4.28. The summed E-state index contributed by atoms with van der Waals surface area (Å²) in [4.78, 5) is 13.9. The molecule has 0 rings (SSSR count). The Hall–Kier alpha value is -1.30. The third-order valence-electron chi connectivity index (χ3n) is 0.916. The number of carboxylic acids is 1. The molecular formula is C7H16N4O2. The normalized spacial score (nSPS) is 27.5. The zero-order chi connectivity index (χ0) is 16.6. The monoisotopic (exact) mass is 195 g/mol. The summed E-state index contributed by atoms with van der Waals surface area (Å²) in [6, 6.07) is -3.42. The summed E-state index contributed by atoms with van der Waals surface area (Å²) in [7, 11) is 1.27. The van der Waals surface area contributed by atoms with Crippen LogP contribution in [0.4, 0.5) is 0 Å². The van der Waals surface area contributed by atoms with Crippen molar-refractivity contribution in [2.24, 2.45) is 16.5 Å². The number of hydrogen-bond donors (Lipinski definition) is 4. The molecule has 6 nitrogen and oxygen atoms in total. The summed E-state index contributed by atoms with van der Waals surface area (Å²) in [6.45, 7) is -3.26. The van der Waals surface area contributed by atoms with Crippen molar-refractivity contribution < 1.29 is 19.5 Å². The lowest BCUT2D eigenvalue weighted by Crippen LogP contribution is -2.30. The van der Waals surface area contributed by atoms with E-state index in [-0.39, 0.29) is 0 Å². The molecule has 0 heterocycles. The quantitative estimate of drug-likeness (QED) is 0.322. The number of guanidine groups is 1. The smallest absolute Gasteiger partial charge is 0.320 e. The van der Waals surface area contributed by atoms with Crippen LogP contribution < -0.4 is 16.8 Å². The summed E-state index contributed by atoms with van der Waals surface area (Å²) >= 11 is 0. The first-order valence-corrected chi connectivity index (χ1v) is 3.20. The number of aliphatic imine (C=N–C) groups is 1. The van der Waals surface area contributed by atoms with Crippen molar-refractivity contribution in [1.29, 1.82) is 0 Å². The lowest BCUT2D eigenvalue weighted by molar-refractivity contribution is -0.138. The fraction of sp³-hybridized carbons (Fsp3) is 0.714. The Balaban J connectivity index is 5.91. The Morgan fingerprint density at radius 2 is 2.54 bits per heavy atom. The van der Waals surface area contributed by atoms with Gasteiger partial charge in [-0.25, -0.2) is 0 Å². The van der Waals surface area contributed by atoms with E-state index in [1.54, 1.807) is 0 Å². The van der Waals surface area contributed by atoms with E-state index in [0.717, 1.165) is 0 Å². The topological polar surface area (TPSA) is 114 Å². The summed E-state index contributed by atoms with van der Waals surface area (Å²) in [6.07, 6.45) is -7.15. The molecule has 0 aromatic rings. The van der Waals surface area contributed by atoms with Crippen LogP contribution in [0.25, 0.3) is 0 Å². The Morgan fingerprint density at radius 3 is 3.00 bits per heavy atom. The van der Waals surface area contributed by atoms with Crippen LogP contribution in [0.1, 0.15) is 22.3 Å². The summed E-state index contributed by atoms with van der Waals surface area (Å²) in [5, 5.41) is 10.9. The highest BCUT2D eigenvalue weighted by molar-refractivity contribution is 5.77. The standard InChI is InChI=1S/C7H16N4O2/c1-10-7(9)11-4-2-3-5(8)6(12)13/h5H,2-4,8H2,1H3,(H,12,13)(H3,9,10,11)/t5-/m0/s1/i2D2,3D2,4D2,5D. The predicted molar refractivity (Wildman–Crippen MR) is 50.4 cm³/mol. The van der Waals surface area contributed by atoms with Gasteiger partial charge in [0, 0.05) is 19.0 Å². The van der Waals surface area contributed by atoms with Crippen molar-refractivity contribution >= 4 is 11.9 Å². The molecule has 6 N–H and O–H groups in total. The highest BCUT2D eigenvalue weighted by atomic mass is 16.4. The summed E-state index contributed by atoms with van der Waals surface area (Å²) < 4.78 is 52.1. The molecule has 0 aromatic heterocycles. The van der Waals surface area contributed by atoms with Gasteiger partial charge in [-0.05, 0) is 12.7 Å². The molecule has 6 heteroatoms. The molecule has 0 unspecified atom stereocenters. The van der Waals surface area contributed by atoms with Crippen molar-refractivity contribution in [2.75, 3.05) is 13.5 Å². The maximum absolute atomic E-state index is 10.8. The molecule has 0 amide bonds. The maximum Gasteiger partial charge on any atom is 0.320 e. The zero-order valence-electron chi connectivity index (χ0n) is 14.0. The Kier molecular flexibility index (Phi) is 2.05. The molecule has 76 valence electrons. The van der Waals surface area contributed by atoms with Crippen LogP contribution >= 0.6 is 0 Å². The minimum absolute atomic E-state index is 0.530. The lowest BCUT2D eigenvalue weighted by Gasteiger charge is -2.04. The van der Waals surface area contributed by atoms with Crippen molar-refractivity contribution in [3.63, 3.8) is 0 Å². The van der Waals surface area contributed by atoms with Crippen molar-refractivity contribution in [3.8, 4) is 0 Å². The van der Waals surface area contributed by atoms with Crippen LogP contribution in [0, 0.1) is 0 Å². The number of hydrogen-bond acceptors (Lipinski definition) is 3. The number of nitrogens with zero attached hydrogens (tertiary/aromatic N) is 1. The van der Waals surface area contributed by atoms with Gasteiger partial charge in [0.05, 0.1) is 4.11 Å². The van der Waals surface area contributed by atoms with E-state index in [9.17, 15) is 4.79 Å². The van der Waals surface area contributed by atoms with Gasteiger partial charge in [0.1, 0.15) is 6.02 Å². The van der Waals surface area contributed by atoms with E-state index < -0.39 is 37.2 Å². The van der Waals surface area contributed by atoms with Crippen LogP contribution in [0.5, 0.6) is 0 Å². The largest absolute Gasteiger partial charge is 0.480 e. The molecule has 1 atom stereocenters. The molecular weight excluding hydrogens is 172 g/mol. The van der Waals surface area contributed by atoms with Crippen LogP contribution in [0.2, 0.25) is 0 Å². The average molecular weight is 195 g/mol. The van der Waals surface area contributed by atoms with Crippen molar-refractivity contribution in [2.45, 2.75) is 18.8 Å². The number of aliphatic carboxylic acids is 1. The first-order chi connectivity index (χ1) is 8.65. The zero-order valence-corrected chi connectivity index (χ0v) is 6.96. The molecule has 0 aromatic carbocycles. The van der Waals surface area contributed by atoms with E-state index in [4.69, 9.17) is 26.2 Å². The number of nitrogens with two attached hydrogens (primary N) is 2. The predicted octanol–water partition coefficient (Wildman–Crippen LogP) is -1.29. The Bertz CT molecular complexity index is 423. The van der Waals surface area contributed by atoms with Crippen LogP contribution in [0.3, 0.4) is 0 Å². The number of carbonyl (C=O) groups is 1. The van der Waals surface area contributed by atoms with Gasteiger partial charge in [0.15, 0.2) is 5.96 Å². The SMILES string of the molecule is [2H]C([2H])(N=C(N)NC)C([2H])([2H])C([2H])([2H])[C@]([2H])(N)C(=O)O. The second kappa shape index (κ2) is 6.24. The molecule has 0 spiro atoms. The lowest BCUT2D eigenvalue weighted by atomic mass is 10.2. The highest BCUT2D eigenvalue weighted by Gasteiger charge is 2.09. The van der Waals surface area contributed by atoms with Gasteiger partial charge < -0.3 is 21.9 Å². The molecule has 13 heavy (non-hydrogen) atoms. The van der Waals surface area contributed by atoms with Gasteiger partial charge in [0.2, 0.25) is 0 Å². The third-order valence-corrected chi connectivity index (χ3v) is 0.916. The van der Waals surface area contributed by atoms with E-state index >= 15 is 0 Å². The molecule has 0 aliphatic carbocycles. The molecule has 0 radical (unpaired) electrons. The molecule has 0 saturated carbocycles. The number of rotatable bonds is 5. The summed E-state index contributed by atoms with van der Waals surface area (Å²) in [5.74, 6) is -2.68. The van der Waals surface area contributed by atoms with E-state index in [2.05, 4.69) is 10.3 Å². The molecule has 0 fully saturated rings. The van der Waals surface area contributed by atoms with Gasteiger partial charge in [-0.1, -0.05) is 0 Å². The van der Waals surface area contributed by atoms with Gasteiger partial charge in [-0.15, -0.1) is 0 Å². The molecule has 0 bridgehead atoms. The van der Waals surface area contributed by atoms with E-state index in [1.165, 1.54) is 7.05 Å². The Morgan fingerprint density at radius 1 is 1.92 bits per heavy atom. The fourth-order valence-corrected chi connectivity index (χ4v) is 0.293. The van der Waals surface area contributed by atoms with Crippen molar-refractivity contribution in [3.05, 3.63) is 0 Å². The van der Waals surface area contributed by atoms with Crippen LogP contribution in [-0.2, 0) is 4.79 Å². The second-order valence-corrected chi connectivity index (χ2v) is 1.83. The number of carboxylic acid groups (broad SMARTS) is 1. The minimum atomic E-state index is -3.60.